The lowest BCUT2D eigenvalue weighted by atomic mass is 10.0. The summed E-state index contributed by atoms with van der Waals surface area (Å²) in [7, 11) is 3.11. The fourth-order valence-electron chi connectivity index (χ4n) is 2.51. The fraction of sp³-hybridized carbons (Fsp3) is 0.278. The second-order valence-corrected chi connectivity index (χ2v) is 6.71. The van der Waals surface area contributed by atoms with Crippen LogP contribution in [0.2, 0.25) is 0 Å². The van der Waals surface area contributed by atoms with E-state index in [1.807, 2.05) is 19.1 Å². The minimum atomic E-state index is -0.414. The third kappa shape index (κ3) is 3.82. The molecule has 0 atom stereocenters. The van der Waals surface area contributed by atoms with E-state index in [9.17, 15) is 9.59 Å². The summed E-state index contributed by atoms with van der Waals surface area (Å²) in [6.07, 6.45) is 3.96. The highest BCUT2D eigenvalue weighted by molar-refractivity contribution is 9.10. The number of amides is 2. The minimum absolute atomic E-state index is 0.0687. The van der Waals surface area contributed by atoms with E-state index < -0.39 is 11.8 Å². The van der Waals surface area contributed by atoms with Crippen molar-refractivity contribution in [3.05, 3.63) is 46.0 Å². The summed E-state index contributed by atoms with van der Waals surface area (Å²) in [5, 5.41) is 0.187. The Balaban J connectivity index is 2.52. The molecule has 1 saturated heterocycles. The van der Waals surface area contributed by atoms with Gasteiger partial charge in [0.25, 0.3) is 11.8 Å². The Bertz CT molecular complexity index is 763. The Labute approximate surface area is 161 Å². The Morgan fingerprint density at radius 3 is 2.36 bits per heavy atom. The SMILES string of the molecule is C=CCc1cc(C=C2C(=O)N(C)C(=S)N(C)C2=O)cc(Br)c1OCC. The second kappa shape index (κ2) is 7.93. The lowest BCUT2D eigenvalue weighted by molar-refractivity contribution is -0.132. The molecule has 25 heavy (non-hydrogen) atoms. The van der Waals surface area contributed by atoms with Gasteiger partial charge in [-0.3, -0.25) is 19.4 Å². The van der Waals surface area contributed by atoms with Gasteiger partial charge in [-0.15, -0.1) is 6.58 Å². The van der Waals surface area contributed by atoms with Crippen molar-refractivity contribution in [1.29, 1.82) is 0 Å². The van der Waals surface area contributed by atoms with E-state index in [0.717, 1.165) is 21.3 Å². The highest BCUT2D eigenvalue weighted by Crippen LogP contribution is 2.33. The molecular formula is C18H19BrN2O3S. The molecule has 5 nitrogen and oxygen atoms in total. The van der Waals surface area contributed by atoms with Gasteiger partial charge in [0.15, 0.2) is 5.11 Å². The molecule has 0 aromatic heterocycles. The van der Waals surface area contributed by atoms with Crippen LogP contribution in [0.25, 0.3) is 6.08 Å². The molecule has 1 heterocycles. The van der Waals surface area contributed by atoms with Crippen LogP contribution in [0.4, 0.5) is 0 Å². The maximum absolute atomic E-state index is 12.4. The van der Waals surface area contributed by atoms with E-state index in [0.29, 0.717) is 13.0 Å². The molecule has 1 fully saturated rings. The first kappa shape index (κ1) is 19.3. The Kier molecular flexibility index (Phi) is 6.13. The number of benzene rings is 1. The molecule has 1 aliphatic rings. The van der Waals surface area contributed by atoms with Gasteiger partial charge in [0.2, 0.25) is 0 Å². The largest absolute Gasteiger partial charge is 0.492 e. The first-order valence-corrected chi connectivity index (χ1v) is 8.89. The average Bonchev–Trinajstić information content (AvgIpc) is 2.58. The highest BCUT2D eigenvalue weighted by Gasteiger charge is 2.35. The summed E-state index contributed by atoms with van der Waals surface area (Å²) in [5.41, 5.74) is 1.71. The minimum Gasteiger partial charge on any atom is -0.492 e. The van der Waals surface area contributed by atoms with E-state index in [1.165, 1.54) is 9.80 Å². The molecule has 0 radical (unpaired) electrons. The molecule has 0 unspecified atom stereocenters. The molecule has 0 aliphatic carbocycles. The van der Waals surface area contributed by atoms with E-state index in [2.05, 4.69) is 22.5 Å². The van der Waals surface area contributed by atoms with Gasteiger partial charge >= 0.3 is 0 Å². The number of hydrogen-bond donors (Lipinski definition) is 0. The number of ether oxygens (including phenoxy) is 1. The van der Waals surface area contributed by atoms with Gasteiger partial charge in [-0.2, -0.15) is 0 Å². The Morgan fingerprint density at radius 2 is 1.84 bits per heavy atom. The predicted octanol–water partition coefficient (Wildman–Crippen LogP) is 3.18. The number of rotatable bonds is 5. The van der Waals surface area contributed by atoms with Gasteiger partial charge in [0.05, 0.1) is 11.1 Å². The number of likely N-dealkylation sites (N-methyl/N-ethyl adjacent to an activating group) is 2. The first-order valence-electron chi connectivity index (χ1n) is 7.69. The maximum atomic E-state index is 12.4. The molecule has 0 saturated carbocycles. The van der Waals surface area contributed by atoms with Crippen LogP contribution in [0.3, 0.4) is 0 Å². The molecule has 1 aromatic carbocycles. The van der Waals surface area contributed by atoms with Gasteiger partial charge in [-0.05, 0) is 70.8 Å². The number of allylic oxidation sites excluding steroid dienone is 1. The number of hydrogen-bond acceptors (Lipinski definition) is 4. The molecule has 2 amide bonds. The molecule has 1 aliphatic heterocycles. The van der Waals surface area contributed by atoms with Crippen molar-refractivity contribution in [2.45, 2.75) is 13.3 Å². The van der Waals surface area contributed by atoms with E-state index in [1.54, 1.807) is 26.2 Å². The third-order valence-corrected chi connectivity index (χ3v) is 4.89. The van der Waals surface area contributed by atoms with Crippen LogP contribution in [-0.2, 0) is 16.0 Å². The molecule has 0 spiro atoms. The third-order valence-electron chi connectivity index (χ3n) is 3.75. The number of nitrogens with zero attached hydrogens (tertiary/aromatic N) is 2. The van der Waals surface area contributed by atoms with Crippen molar-refractivity contribution in [3.8, 4) is 5.75 Å². The van der Waals surface area contributed by atoms with Crippen molar-refractivity contribution in [1.82, 2.24) is 9.80 Å². The summed E-state index contributed by atoms with van der Waals surface area (Å²) >= 11 is 8.59. The van der Waals surface area contributed by atoms with Crippen LogP contribution < -0.4 is 4.74 Å². The summed E-state index contributed by atoms with van der Waals surface area (Å²) < 4.78 is 6.43. The molecular weight excluding hydrogens is 404 g/mol. The zero-order valence-electron chi connectivity index (χ0n) is 14.3. The van der Waals surface area contributed by atoms with E-state index in [-0.39, 0.29) is 10.7 Å². The van der Waals surface area contributed by atoms with Crippen LogP contribution in [0, 0.1) is 0 Å². The quantitative estimate of drug-likeness (QED) is 0.316. The van der Waals surface area contributed by atoms with Crippen LogP contribution in [0.15, 0.2) is 34.8 Å². The molecule has 1 aromatic rings. The average molecular weight is 423 g/mol. The number of carbonyl (C=O) groups excluding carboxylic acids is 2. The number of halogens is 1. The van der Waals surface area contributed by atoms with Gasteiger partial charge in [0, 0.05) is 14.1 Å². The van der Waals surface area contributed by atoms with Crippen molar-refractivity contribution in [3.63, 3.8) is 0 Å². The van der Waals surface area contributed by atoms with Crippen molar-refractivity contribution in [2.24, 2.45) is 0 Å². The molecule has 7 heteroatoms. The van der Waals surface area contributed by atoms with Crippen LogP contribution in [0.1, 0.15) is 18.1 Å². The number of carbonyl (C=O) groups is 2. The fourth-order valence-corrected chi connectivity index (χ4v) is 3.31. The second-order valence-electron chi connectivity index (χ2n) is 5.49. The monoisotopic (exact) mass is 422 g/mol. The van der Waals surface area contributed by atoms with Gasteiger partial charge < -0.3 is 4.74 Å². The van der Waals surface area contributed by atoms with Crippen molar-refractivity contribution in [2.75, 3.05) is 20.7 Å². The summed E-state index contributed by atoms with van der Waals surface area (Å²) in [6.45, 7) is 6.21. The zero-order valence-corrected chi connectivity index (χ0v) is 16.7. The smallest absolute Gasteiger partial charge is 0.265 e. The van der Waals surface area contributed by atoms with Gasteiger partial charge in [-0.1, -0.05) is 6.08 Å². The van der Waals surface area contributed by atoms with Gasteiger partial charge in [-0.25, -0.2) is 0 Å². The normalized spacial score (nSPS) is 14.9. The zero-order chi connectivity index (χ0) is 18.7. The summed E-state index contributed by atoms with van der Waals surface area (Å²) in [5.74, 6) is -0.0898. The lowest BCUT2D eigenvalue weighted by Gasteiger charge is -2.31. The van der Waals surface area contributed by atoms with Crippen LogP contribution >= 0.6 is 28.1 Å². The summed E-state index contributed by atoms with van der Waals surface area (Å²) in [4.78, 5) is 27.4. The Morgan fingerprint density at radius 1 is 1.24 bits per heavy atom. The highest BCUT2D eigenvalue weighted by atomic mass is 79.9. The maximum Gasteiger partial charge on any atom is 0.265 e. The topological polar surface area (TPSA) is 49.9 Å². The van der Waals surface area contributed by atoms with Crippen LogP contribution in [0.5, 0.6) is 5.75 Å². The Hall–Kier alpha value is -1.99. The van der Waals surface area contributed by atoms with Gasteiger partial charge in [0.1, 0.15) is 11.3 Å². The van der Waals surface area contributed by atoms with E-state index >= 15 is 0 Å². The van der Waals surface area contributed by atoms with E-state index in [4.69, 9.17) is 17.0 Å². The molecule has 0 N–H and O–H groups in total. The lowest BCUT2D eigenvalue weighted by Crippen LogP contribution is -2.52. The molecule has 0 bridgehead atoms. The van der Waals surface area contributed by atoms with Crippen molar-refractivity contribution < 1.29 is 14.3 Å². The molecule has 2 rings (SSSR count). The van der Waals surface area contributed by atoms with Crippen LogP contribution in [-0.4, -0.2) is 47.4 Å². The summed E-state index contributed by atoms with van der Waals surface area (Å²) in [6, 6.07) is 3.70. The standard InChI is InChI=1S/C18H19BrN2O3S/c1-5-7-12-8-11(10-14(19)15(12)24-6-2)9-13-16(22)20(3)18(25)21(4)17(13)23/h5,8-10H,1,6-7H2,2-4H3. The first-order chi connectivity index (χ1) is 11.8. The predicted molar refractivity (Wildman–Crippen MR) is 105 cm³/mol. The molecule has 132 valence electrons. The number of thiocarbonyl (C=S) groups is 1. The van der Waals surface area contributed by atoms with Crippen molar-refractivity contribution >= 4 is 51.2 Å².